The van der Waals surface area contributed by atoms with E-state index in [0.717, 1.165) is 12.0 Å². The fourth-order valence-corrected chi connectivity index (χ4v) is 3.76. The smallest absolute Gasteiger partial charge is 0.423 e. The maximum absolute atomic E-state index is 12.9. The molecule has 1 saturated heterocycles. The summed E-state index contributed by atoms with van der Waals surface area (Å²) in [5.41, 5.74) is 12.6. The molecule has 6 N–H and O–H groups in total. The molecule has 0 aromatic heterocycles. The quantitative estimate of drug-likeness (QED) is 0.311. The lowest BCUT2D eigenvalue weighted by molar-refractivity contribution is -0.125. The minimum absolute atomic E-state index is 0.181. The number of hydrogen-bond acceptors (Lipinski definition) is 6. The van der Waals surface area contributed by atoms with Gasteiger partial charge in [-0.1, -0.05) is 6.07 Å². The molecule has 0 saturated carbocycles. The first kappa shape index (κ1) is 21.3. The summed E-state index contributed by atoms with van der Waals surface area (Å²) in [5, 5.41) is 12.7. The molecule has 0 bridgehead atoms. The van der Waals surface area contributed by atoms with Gasteiger partial charge in [0.1, 0.15) is 6.04 Å². The summed E-state index contributed by atoms with van der Waals surface area (Å²) >= 11 is 0. The standard InChI is InChI=1S/C19H27BN4O5/c21-15(17(22)25)4-1-2-8-23-18(26)16-5-3-9-24(16)19(27)12-6-7-13-11-29-20(28)14(13)10-12/h6-7,10,15-16,28H,1-5,8-9,11,21H2,(H2,22,25)(H,23,26)/t15-,16?/m0/s1. The average Bonchev–Trinajstić information content (AvgIpc) is 3.34. The van der Waals surface area contributed by atoms with E-state index in [2.05, 4.69) is 5.32 Å². The Morgan fingerprint density at radius 2 is 2.14 bits per heavy atom. The zero-order chi connectivity index (χ0) is 21.0. The molecule has 29 heavy (non-hydrogen) atoms. The van der Waals surface area contributed by atoms with Crippen molar-refractivity contribution in [1.82, 2.24) is 10.2 Å². The third-order valence-electron chi connectivity index (χ3n) is 5.48. The summed E-state index contributed by atoms with van der Waals surface area (Å²) in [6.07, 6.45) is 3.20. The Morgan fingerprint density at radius 1 is 1.34 bits per heavy atom. The van der Waals surface area contributed by atoms with Crippen molar-refractivity contribution in [2.45, 2.75) is 50.8 Å². The highest BCUT2D eigenvalue weighted by Crippen LogP contribution is 2.21. The molecule has 1 aromatic rings. The lowest BCUT2D eigenvalue weighted by Crippen LogP contribution is -2.46. The van der Waals surface area contributed by atoms with Crippen LogP contribution in [0.5, 0.6) is 0 Å². The van der Waals surface area contributed by atoms with Crippen LogP contribution in [0.4, 0.5) is 0 Å². The molecule has 2 aliphatic heterocycles. The van der Waals surface area contributed by atoms with Crippen LogP contribution in [0, 0.1) is 0 Å². The van der Waals surface area contributed by atoms with Crippen molar-refractivity contribution in [2.24, 2.45) is 11.5 Å². The zero-order valence-corrected chi connectivity index (χ0v) is 16.3. The number of carbonyl (C=O) groups is 3. The normalized spacial score (nSPS) is 19.2. The van der Waals surface area contributed by atoms with Gasteiger partial charge in [-0.05, 0) is 55.3 Å². The lowest BCUT2D eigenvalue weighted by atomic mass is 9.78. The van der Waals surface area contributed by atoms with Gasteiger partial charge in [0.2, 0.25) is 11.8 Å². The van der Waals surface area contributed by atoms with E-state index in [1.807, 2.05) is 0 Å². The van der Waals surface area contributed by atoms with E-state index >= 15 is 0 Å². The first-order chi connectivity index (χ1) is 13.9. The third kappa shape index (κ3) is 4.95. The van der Waals surface area contributed by atoms with Crippen LogP contribution < -0.4 is 22.2 Å². The minimum atomic E-state index is -1.02. The molecule has 1 unspecified atom stereocenters. The summed E-state index contributed by atoms with van der Waals surface area (Å²) < 4.78 is 5.17. The lowest BCUT2D eigenvalue weighted by Gasteiger charge is -2.24. The number of carbonyl (C=O) groups excluding carboxylic acids is 3. The van der Waals surface area contributed by atoms with E-state index in [4.69, 9.17) is 16.1 Å². The second-order valence-corrected chi connectivity index (χ2v) is 7.53. The summed E-state index contributed by atoms with van der Waals surface area (Å²) in [6, 6.07) is 3.96. The van der Waals surface area contributed by atoms with Gasteiger partial charge in [0.15, 0.2) is 0 Å². The highest BCUT2D eigenvalue weighted by Gasteiger charge is 2.35. The molecule has 9 nitrogen and oxygen atoms in total. The van der Waals surface area contributed by atoms with Gasteiger partial charge in [-0.3, -0.25) is 14.4 Å². The SMILES string of the molecule is NC(=O)[C@@H](N)CCCCNC(=O)C1CCCN1C(=O)c1ccc2c(c1)B(O)OC2. The van der Waals surface area contributed by atoms with Crippen molar-refractivity contribution < 1.29 is 24.1 Å². The van der Waals surface area contributed by atoms with E-state index in [-0.39, 0.29) is 11.8 Å². The molecule has 1 aromatic carbocycles. The van der Waals surface area contributed by atoms with E-state index < -0.39 is 25.1 Å². The van der Waals surface area contributed by atoms with Crippen LogP contribution in [0.3, 0.4) is 0 Å². The maximum Gasteiger partial charge on any atom is 0.491 e. The Labute approximate surface area is 169 Å². The molecule has 2 atom stereocenters. The number of rotatable bonds is 8. The number of nitrogens with two attached hydrogens (primary N) is 2. The molecule has 1 fully saturated rings. The van der Waals surface area contributed by atoms with E-state index in [1.165, 1.54) is 0 Å². The average molecular weight is 402 g/mol. The van der Waals surface area contributed by atoms with Crippen LogP contribution in [-0.2, 0) is 20.9 Å². The van der Waals surface area contributed by atoms with Crippen LogP contribution in [-0.4, -0.2) is 59.9 Å². The van der Waals surface area contributed by atoms with E-state index in [1.54, 1.807) is 23.1 Å². The molecule has 2 aliphatic rings. The number of fused-ring (bicyclic) bond motifs is 1. The van der Waals surface area contributed by atoms with Crippen LogP contribution in [0.15, 0.2) is 18.2 Å². The van der Waals surface area contributed by atoms with Gasteiger partial charge >= 0.3 is 7.12 Å². The highest BCUT2D eigenvalue weighted by molar-refractivity contribution is 6.61. The molecule has 156 valence electrons. The number of likely N-dealkylation sites (tertiary alicyclic amines) is 1. The Hall–Kier alpha value is -2.43. The van der Waals surface area contributed by atoms with Gasteiger partial charge in [-0.15, -0.1) is 0 Å². The van der Waals surface area contributed by atoms with Crippen LogP contribution in [0.25, 0.3) is 0 Å². The second-order valence-electron chi connectivity index (χ2n) is 7.53. The first-order valence-corrected chi connectivity index (χ1v) is 9.94. The van der Waals surface area contributed by atoms with Gasteiger partial charge in [0.05, 0.1) is 12.6 Å². The molecule has 0 radical (unpaired) electrons. The van der Waals surface area contributed by atoms with Gasteiger partial charge in [-0.2, -0.15) is 0 Å². The molecule has 2 heterocycles. The van der Waals surface area contributed by atoms with Crippen LogP contribution in [0.2, 0.25) is 0 Å². The number of benzene rings is 1. The number of nitrogens with zero attached hydrogens (tertiary/aromatic N) is 1. The summed E-state index contributed by atoms with van der Waals surface area (Å²) in [4.78, 5) is 38.0. The number of amides is 3. The van der Waals surface area contributed by atoms with Gasteiger partial charge in [0.25, 0.3) is 5.91 Å². The predicted octanol–water partition coefficient (Wildman–Crippen LogP) is -1.39. The zero-order valence-electron chi connectivity index (χ0n) is 16.3. The monoisotopic (exact) mass is 402 g/mol. The number of unbranched alkanes of at least 4 members (excludes halogenated alkanes) is 1. The van der Waals surface area contributed by atoms with Gasteiger partial charge in [-0.25, -0.2) is 0 Å². The minimum Gasteiger partial charge on any atom is -0.423 e. The van der Waals surface area contributed by atoms with Crippen molar-refractivity contribution in [3.05, 3.63) is 29.3 Å². The summed E-state index contributed by atoms with van der Waals surface area (Å²) in [6.45, 7) is 1.29. The third-order valence-corrected chi connectivity index (χ3v) is 5.48. The largest absolute Gasteiger partial charge is 0.491 e. The number of primary amides is 1. The fourth-order valence-electron chi connectivity index (χ4n) is 3.76. The maximum atomic E-state index is 12.9. The van der Waals surface area contributed by atoms with Crippen LogP contribution >= 0.6 is 0 Å². The molecular weight excluding hydrogens is 375 g/mol. The van der Waals surface area contributed by atoms with Crippen molar-refractivity contribution in [3.63, 3.8) is 0 Å². The van der Waals surface area contributed by atoms with E-state index in [0.29, 0.717) is 56.4 Å². The Balaban J connectivity index is 1.53. The number of hydrogen-bond donors (Lipinski definition) is 4. The Bertz CT molecular complexity index is 790. The molecule has 10 heteroatoms. The van der Waals surface area contributed by atoms with E-state index in [9.17, 15) is 19.4 Å². The topological polar surface area (TPSA) is 148 Å². The van der Waals surface area contributed by atoms with Crippen LogP contribution in [0.1, 0.15) is 48.0 Å². The van der Waals surface area contributed by atoms with Crippen molar-refractivity contribution in [2.75, 3.05) is 13.1 Å². The molecule has 3 rings (SSSR count). The summed E-state index contributed by atoms with van der Waals surface area (Å²) in [7, 11) is -1.02. The van der Waals surface area contributed by atoms with Crippen molar-refractivity contribution >= 4 is 30.3 Å². The summed E-state index contributed by atoms with van der Waals surface area (Å²) in [5.74, 6) is -0.934. The first-order valence-electron chi connectivity index (χ1n) is 9.94. The highest BCUT2D eigenvalue weighted by atomic mass is 16.5. The van der Waals surface area contributed by atoms with Gasteiger partial charge < -0.3 is 31.4 Å². The van der Waals surface area contributed by atoms with Gasteiger partial charge in [0, 0.05) is 18.7 Å². The molecule has 0 spiro atoms. The molecule has 3 amide bonds. The van der Waals surface area contributed by atoms with Crippen molar-refractivity contribution in [1.29, 1.82) is 0 Å². The second kappa shape index (κ2) is 9.38. The molecule has 0 aliphatic carbocycles. The predicted molar refractivity (Wildman–Crippen MR) is 107 cm³/mol. The number of nitrogens with one attached hydrogen (secondary N) is 1. The Morgan fingerprint density at radius 3 is 2.90 bits per heavy atom. The molecular formula is C19H27BN4O5. The Kier molecular flexibility index (Phi) is 6.89. The van der Waals surface area contributed by atoms with Crippen molar-refractivity contribution in [3.8, 4) is 0 Å². The fraction of sp³-hybridized carbons (Fsp3) is 0.526.